The van der Waals surface area contributed by atoms with Crippen LogP contribution in [-0.2, 0) is 16.6 Å². The number of carbonyl (C=O) groups is 1. The number of anilines is 1. The van der Waals surface area contributed by atoms with Crippen molar-refractivity contribution in [3.8, 4) is 0 Å². The van der Waals surface area contributed by atoms with Crippen molar-refractivity contribution in [3.05, 3.63) is 98.8 Å². The van der Waals surface area contributed by atoms with Gasteiger partial charge in [0.2, 0.25) is 0 Å². The number of nitrogens with zero attached hydrogens (tertiary/aromatic N) is 1. The van der Waals surface area contributed by atoms with Crippen LogP contribution >= 0.6 is 35.3 Å². The van der Waals surface area contributed by atoms with Crippen LogP contribution in [0.3, 0.4) is 0 Å². The van der Waals surface area contributed by atoms with Crippen molar-refractivity contribution in [1.29, 1.82) is 0 Å². The maximum atomic E-state index is 13.1. The summed E-state index contributed by atoms with van der Waals surface area (Å²) < 4.78 is 33.2. The Labute approximate surface area is 194 Å². The van der Waals surface area contributed by atoms with Gasteiger partial charge in [0.05, 0.1) is 29.1 Å². The fraction of sp³-hybridized carbons (Fsp3) is 0.0500. The molecule has 0 atom stereocenters. The molecule has 2 heterocycles. The van der Waals surface area contributed by atoms with Crippen molar-refractivity contribution >= 4 is 57.0 Å². The van der Waals surface area contributed by atoms with Crippen LogP contribution in [0.15, 0.2) is 77.6 Å². The second kappa shape index (κ2) is 8.88. The third kappa shape index (κ3) is 4.54. The lowest BCUT2D eigenvalue weighted by Crippen LogP contribution is -2.26. The second-order valence-corrected chi connectivity index (χ2v) is 9.75. The van der Waals surface area contributed by atoms with Gasteiger partial charge in [-0.05, 0) is 36.4 Å². The number of benzene rings is 2. The Morgan fingerprint density at radius 2 is 1.84 bits per heavy atom. The second-order valence-electron chi connectivity index (χ2n) is 6.47. The molecule has 2 aliphatic heterocycles. The number of fused-ring (bicyclic) bond motifs is 1. The van der Waals surface area contributed by atoms with Gasteiger partial charge in [-0.15, -0.1) is 0 Å². The number of halogens is 2. The molecule has 0 aromatic heterocycles. The minimum Gasteiger partial charge on any atom is -0.348 e. The molecule has 0 aliphatic carbocycles. The van der Waals surface area contributed by atoms with Gasteiger partial charge in [0.1, 0.15) is 4.91 Å². The lowest BCUT2D eigenvalue weighted by molar-refractivity contribution is 0.0952. The number of hydrogen-bond donors (Lipinski definition) is 3. The van der Waals surface area contributed by atoms with Crippen molar-refractivity contribution < 1.29 is 13.2 Å². The van der Waals surface area contributed by atoms with Crippen molar-refractivity contribution in [2.45, 2.75) is 6.54 Å². The first-order valence-corrected chi connectivity index (χ1v) is 12.0. The molecule has 2 aromatic carbocycles. The van der Waals surface area contributed by atoms with E-state index in [1.807, 2.05) is 0 Å². The Morgan fingerprint density at radius 1 is 1.10 bits per heavy atom. The number of carbonyl (C=O) groups excluding carboxylic acids is 1. The van der Waals surface area contributed by atoms with Crippen LogP contribution in [0.2, 0.25) is 10.0 Å². The van der Waals surface area contributed by atoms with Crippen molar-refractivity contribution in [3.63, 3.8) is 0 Å². The molecule has 3 N–H and O–H groups in total. The van der Waals surface area contributed by atoms with Gasteiger partial charge in [0, 0.05) is 34.6 Å². The highest BCUT2D eigenvalue weighted by Gasteiger charge is 2.30. The smallest absolute Gasteiger partial charge is 0.264 e. The van der Waals surface area contributed by atoms with Crippen molar-refractivity contribution in [2.75, 3.05) is 4.72 Å². The number of allylic oxidation sites excluding steroid dienone is 2. The summed E-state index contributed by atoms with van der Waals surface area (Å²) in [4.78, 5) is 12.9. The van der Waals surface area contributed by atoms with Gasteiger partial charge >= 0.3 is 0 Å². The molecule has 2 aliphatic rings. The number of sulfonamides is 1. The van der Waals surface area contributed by atoms with Gasteiger partial charge < -0.3 is 10.0 Å². The average molecular weight is 495 g/mol. The number of hydrogen-bond acceptors (Lipinski definition) is 6. The maximum Gasteiger partial charge on any atom is 0.264 e. The Hall–Kier alpha value is -2.59. The Kier molecular flexibility index (Phi) is 6.19. The van der Waals surface area contributed by atoms with Crippen LogP contribution in [0.1, 0.15) is 15.9 Å². The molecule has 0 unspecified atom stereocenters. The summed E-state index contributed by atoms with van der Waals surface area (Å²) in [6.07, 6.45) is 6.49. The molecule has 160 valence electrons. The van der Waals surface area contributed by atoms with Gasteiger partial charge in [-0.25, -0.2) is 8.42 Å². The van der Waals surface area contributed by atoms with E-state index in [1.54, 1.807) is 53.1 Å². The zero-order valence-corrected chi connectivity index (χ0v) is 18.9. The Bertz CT molecular complexity index is 1220. The molecular formula is C20H16Cl2N4O3S2. The predicted molar refractivity (Wildman–Crippen MR) is 124 cm³/mol. The van der Waals surface area contributed by atoms with E-state index in [9.17, 15) is 13.2 Å². The average Bonchev–Trinajstić information content (AvgIpc) is 3.22. The van der Waals surface area contributed by atoms with Gasteiger partial charge in [0.25, 0.3) is 15.9 Å². The van der Waals surface area contributed by atoms with Crippen LogP contribution in [0.25, 0.3) is 0 Å². The lowest BCUT2D eigenvalue weighted by Gasteiger charge is -2.21. The quantitative estimate of drug-likeness (QED) is 0.516. The van der Waals surface area contributed by atoms with Crippen LogP contribution in [-0.4, -0.2) is 18.6 Å². The largest absolute Gasteiger partial charge is 0.348 e. The molecule has 0 saturated carbocycles. The van der Waals surface area contributed by atoms with Crippen LogP contribution < -0.4 is 14.8 Å². The molecule has 0 fully saturated rings. The Balaban J connectivity index is 1.55. The molecule has 0 saturated heterocycles. The maximum absolute atomic E-state index is 13.1. The molecule has 0 spiro atoms. The summed E-state index contributed by atoms with van der Waals surface area (Å²) in [6, 6.07) is 11.4. The first kappa shape index (κ1) is 21.6. The molecule has 11 heteroatoms. The fourth-order valence-corrected chi connectivity index (χ4v) is 5.51. The first-order chi connectivity index (χ1) is 14.9. The topological polar surface area (TPSA) is 90.5 Å². The van der Waals surface area contributed by atoms with Gasteiger partial charge in [0.15, 0.2) is 0 Å². The van der Waals surface area contributed by atoms with E-state index in [-0.39, 0.29) is 22.7 Å². The van der Waals surface area contributed by atoms with Gasteiger partial charge in [-0.3, -0.25) is 13.8 Å². The van der Waals surface area contributed by atoms with E-state index < -0.39 is 15.9 Å². The predicted octanol–water partition coefficient (Wildman–Crippen LogP) is 4.39. The van der Waals surface area contributed by atoms with E-state index in [0.717, 1.165) is 0 Å². The summed E-state index contributed by atoms with van der Waals surface area (Å²) in [7, 11) is -3.95. The van der Waals surface area contributed by atoms with Crippen molar-refractivity contribution in [1.82, 2.24) is 14.3 Å². The highest BCUT2D eigenvalue weighted by atomic mass is 35.5. The highest BCUT2D eigenvalue weighted by molar-refractivity contribution is 7.97. The SMILES string of the molecule is O=C(NCc1c(Cl)cccc1Cl)c1ccccc1NS(=O)(=O)C1=CC=CN2SNC=C12. The zero-order chi connectivity index (χ0) is 22.0. The van der Waals surface area contributed by atoms with E-state index >= 15 is 0 Å². The third-order valence-corrected chi connectivity index (χ3v) is 7.36. The molecule has 0 radical (unpaired) electrons. The van der Waals surface area contributed by atoms with Gasteiger partial charge in [-0.1, -0.05) is 41.4 Å². The van der Waals surface area contributed by atoms with Crippen LogP contribution in [0, 0.1) is 0 Å². The fourth-order valence-electron chi connectivity index (χ4n) is 3.00. The first-order valence-electron chi connectivity index (χ1n) is 9.00. The van der Waals surface area contributed by atoms with E-state index in [0.29, 0.717) is 21.3 Å². The van der Waals surface area contributed by atoms with E-state index in [2.05, 4.69) is 14.8 Å². The molecule has 4 rings (SSSR count). The molecule has 31 heavy (non-hydrogen) atoms. The Morgan fingerprint density at radius 3 is 2.61 bits per heavy atom. The standard InChI is InChI=1S/C20H16Cl2N4O3S2/c21-15-6-3-7-16(22)14(15)11-23-20(27)13-5-1-2-8-17(13)25-31(28,29)19-9-4-10-26-18(19)12-24-30-26/h1-10,12,24-25H,11H2,(H,23,27). The van der Waals surface area contributed by atoms with E-state index in [1.165, 1.54) is 30.3 Å². The third-order valence-electron chi connectivity index (χ3n) is 4.50. The molecule has 2 aromatic rings. The normalized spacial score (nSPS) is 15.0. The van der Waals surface area contributed by atoms with Crippen LogP contribution in [0.4, 0.5) is 5.69 Å². The number of amides is 1. The van der Waals surface area contributed by atoms with Crippen LogP contribution in [0.5, 0.6) is 0 Å². The summed E-state index contributed by atoms with van der Waals surface area (Å²) in [5.41, 5.74) is 1.40. The monoisotopic (exact) mass is 494 g/mol. The summed E-state index contributed by atoms with van der Waals surface area (Å²) in [6.45, 7) is 0.0963. The number of nitrogens with one attached hydrogen (secondary N) is 3. The molecule has 7 nitrogen and oxygen atoms in total. The number of rotatable bonds is 6. The zero-order valence-electron chi connectivity index (χ0n) is 15.8. The van der Waals surface area contributed by atoms with E-state index in [4.69, 9.17) is 23.2 Å². The summed E-state index contributed by atoms with van der Waals surface area (Å²) in [5, 5.41) is 3.60. The minimum atomic E-state index is -3.95. The van der Waals surface area contributed by atoms with Gasteiger partial charge in [-0.2, -0.15) is 0 Å². The molecular weight excluding hydrogens is 479 g/mol. The highest BCUT2D eigenvalue weighted by Crippen LogP contribution is 2.34. The summed E-state index contributed by atoms with van der Waals surface area (Å²) in [5.74, 6) is -0.467. The van der Waals surface area contributed by atoms with Crippen molar-refractivity contribution in [2.24, 2.45) is 0 Å². The minimum absolute atomic E-state index is 0.0885. The molecule has 1 amide bonds. The summed E-state index contributed by atoms with van der Waals surface area (Å²) >= 11 is 13.6. The number of para-hydroxylation sites is 1. The molecule has 0 bridgehead atoms. The lowest BCUT2D eigenvalue weighted by atomic mass is 10.1.